The maximum Gasteiger partial charge on any atom is 0.412 e. The standard InChI is InChI=1S/C16H19N3O5/c1-16(2,3)24-15(22)18-12-7-9(23-4)5-6-10(12)13-11(14(20)21)8-17-19-13/h5-8H,1-4H3,(H,17,19)(H,18,22)(H,20,21). The Morgan fingerprint density at radius 3 is 2.58 bits per heavy atom. The summed E-state index contributed by atoms with van der Waals surface area (Å²) in [6.45, 7) is 5.24. The van der Waals surface area contributed by atoms with Gasteiger partial charge < -0.3 is 14.6 Å². The molecule has 8 nitrogen and oxygen atoms in total. The number of carbonyl (C=O) groups excluding carboxylic acids is 1. The minimum Gasteiger partial charge on any atom is -0.497 e. The molecule has 0 saturated carbocycles. The number of anilines is 1. The van der Waals surface area contributed by atoms with E-state index in [-0.39, 0.29) is 11.3 Å². The van der Waals surface area contributed by atoms with Crippen LogP contribution in [0.2, 0.25) is 0 Å². The molecule has 1 amide bonds. The highest BCUT2D eigenvalue weighted by Crippen LogP contribution is 2.32. The van der Waals surface area contributed by atoms with E-state index in [1.165, 1.54) is 13.3 Å². The van der Waals surface area contributed by atoms with Gasteiger partial charge in [-0.3, -0.25) is 10.4 Å². The Bertz CT molecular complexity index is 761. The lowest BCUT2D eigenvalue weighted by Crippen LogP contribution is -2.27. The van der Waals surface area contributed by atoms with Crippen LogP contribution < -0.4 is 10.1 Å². The highest BCUT2D eigenvalue weighted by Gasteiger charge is 2.21. The molecule has 0 fully saturated rings. The second kappa shape index (κ2) is 6.61. The summed E-state index contributed by atoms with van der Waals surface area (Å²) >= 11 is 0. The summed E-state index contributed by atoms with van der Waals surface area (Å²) in [7, 11) is 1.49. The monoisotopic (exact) mass is 333 g/mol. The Morgan fingerprint density at radius 2 is 2.00 bits per heavy atom. The number of carbonyl (C=O) groups is 2. The van der Waals surface area contributed by atoms with Crippen LogP contribution in [0.3, 0.4) is 0 Å². The van der Waals surface area contributed by atoms with Crippen molar-refractivity contribution < 1.29 is 24.2 Å². The van der Waals surface area contributed by atoms with Gasteiger partial charge in [-0.15, -0.1) is 0 Å². The Kier molecular flexibility index (Phi) is 4.77. The molecule has 8 heteroatoms. The third-order valence-corrected chi connectivity index (χ3v) is 3.00. The van der Waals surface area contributed by atoms with Crippen molar-refractivity contribution in [2.75, 3.05) is 12.4 Å². The maximum atomic E-state index is 12.1. The van der Waals surface area contributed by atoms with Crippen molar-refractivity contribution in [2.45, 2.75) is 26.4 Å². The third kappa shape index (κ3) is 4.03. The first-order chi connectivity index (χ1) is 11.2. The summed E-state index contributed by atoms with van der Waals surface area (Å²) in [5.74, 6) is -0.626. The first-order valence-corrected chi connectivity index (χ1v) is 7.16. The average Bonchev–Trinajstić information content (AvgIpc) is 2.94. The fourth-order valence-electron chi connectivity index (χ4n) is 2.04. The van der Waals surface area contributed by atoms with Crippen molar-refractivity contribution in [2.24, 2.45) is 0 Å². The number of hydrogen-bond donors (Lipinski definition) is 3. The molecular formula is C16H19N3O5. The van der Waals surface area contributed by atoms with Gasteiger partial charge in [0.15, 0.2) is 0 Å². The predicted molar refractivity (Wildman–Crippen MR) is 87.4 cm³/mol. The molecule has 128 valence electrons. The molecular weight excluding hydrogens is 314 g/mol. The van der Waals surface area contributed by atoms with Gasteiger partial charge in [-0.1, -0.05) is 0 Å². The number of aromatic nitrogens is 2. The molecule has 0 bridgehead atoms. The normalized spacial score (nSPS) is 11.0. The molecule has 2 aromatic rings. The number of hydrogen-bond acceptors (Lipinski definition) is 5. The van der Waals surface area contributed by atoms with E-state index < -0.39 is 17.7 Å². The van der Waals surface area contributed by atoms with Crippen LogP contribution in [-0.2, 0) is 4.74 Å². The lowest BCUT2D eigenvalue weighted by atomic mass is 10.1. The minimum absolute atomic E-state index is 0.00703. The van der Waals surface area contributed by atoms with E-state index in [1.807, 2.05) is 0 Å². The third-order valence-electron chi connectivity index (χ3n) is 3.00. The van der Waals surface area contributed by atoms with E-state index in [0.29, 0.717) is 17.0 Å². The van der Waals surface area contributed by atoms with Crippen LogP contribution in [0.1, 0.15) is 31.1 Å². The van der Waals surface area contributed by atoms with Crippen molar-refractivity contribution in [3.63, 3.8) is 0 Å². The summed E-state index contributed by atoms with van der Waals surface area (Å²) in [6, 6.07) is 4.86. The van der Waals surface area contributed by atoms with Crippen molar-refractivity contribution in [1.29, 1.82) is 0 Å². The van der Waals surface area contributed by atoms with Crippen LogP contribution in [0.25, 0.3) is 11.3 Å². The number of carboxylic acids is 1. The zero-order valence-corrected chi connectivity index (χ0v) is 13.8. The molecule has 0 aliphatic rings. The second-order valence-corrected chi connectivity index (χ2v) is 6.00. The number of amides is 1. The summed E-state index contributed by atoms with van der Waals surface area (Å²) < 4.78 is 10.4. The summed E-state index contributed by atoms with van der Waals surface area (Å²) in [5, 5.41) is 18.3. The van der Waals surface area contributed by atoms with Crippen molar-refractivity contribution in [1.82, 2.24) is 10.2 Å². The van der Waals surface area contributed by atoms with Crippen LogP contribution in [0.5, 0.6) is 5.75 Å². The van der Waals surface area contributed by atoms with Gasteiger partial charge in [0.05, 0.1) is 24.7 Å². The highest BCUT2D eigenvalue weighted by molar-refractivity contribution is 5.99. The van der Waals surface area contributed by atoms with Gasteiger partial charge in [-0.2, -0.15) is 5.10 Å². The zero-order valence-electron chi connectivity index (χ0n) is 13.8. The fourth-order valence-corrected chi connectivity index (χ4v) is 2.04. The van der Waals surface area contributed by atoms with E-state index in [4.69, 9.17) is 9.47 Å². The van der Waals surface area contributed by atoms with Crippen LogP contribution in [0.4, 0.5) is 10.5 Å². The second-order valence-electron chi connectivity index (χ2n) is 6.00. The molecule has 1 aromatic carbocycles. The predicted octanol–water partition coefficient (Wildman–Crippen LogP) is 3.13. The molecule has 0 aliphatic carbocycles. The van der Waals surface area contributed by atoms with Gasteiger partial charge in [-0.25, -0.2) is 9.59 Å². The lowest BCUT2D eigenvalue weighted by molar-refractivity contribution is 0.0634. The van der Waals surface area contributed by atoms with E-state index in [0.717, 1.165) is 0 Å². The molecule has 3 N–H and O–H groups in total. The van der Waals surface area contributed by atoms with E-state index in [2.05, 4.69) is 15.5 Å². The van der Waals surface area contributed by atoms with E-state index in [9.17, 15) is 14.7 Å². The largest absolute Gasteiger partial charge is 0.497 e. The zero-order chi connectivity index (χ0) is 17.9. The van der Waals surface area contributed by atoms with Gasteiger partial charge in [-0.05, 0) is 32.9 Å². The van der Waals surface area contributed by atoms with Crippen LogP contribution >= 0.6 is 0 Å². The fraction of sp³-hybridized carbons (Fsp3) is 0.312. The van der Waals surface area contributed by atoms with Crippen LogP contribution in [0.15, 0.2) is 24.4 Å². The van der Waals surface area contributed by atoms with Gasteiger partial charge in [0.25, 0.3) is 0 Å². The molecule has 0 radical (unpaired) electrons. The van der Waals surface area contributed by atoms with Gasteiger partial charge in [0.1, 0.15) is 16.9 Å². The van der Waals surface area contributed by atoms with Gasteiger partial charge in [0, 0.05) is 11.6 Å². The number of carboxylic acid groups (broad SMARTS) is 1. The number of H-pyrrole nitrogens is 1. The molecule has 0 saturated heterocycles. The lowest BCUT2D eigenvalue weighted by Gasteiger charge is -2.20. The number of aromatic amines is 1. The molecule has 2 rings (SSSR count). The molecule has 0 spiro atoms. The number of benzene rings is 1. The minimum atomic E-state index is -1.13. The number of nitrogens with one attached hydrogen (secondary N) is 2. The Balaban J connectivity index is 2.43. The van der Waals surface area contributed by atoms with E-state index in [1.54, 1.807) is 39.0 Å². The number of ether oxygens (including phenoxy) is 2. The maximum absolute atomic E-state index is 12.1. The first kappa shape index (κ1) is 17.3. The van der Waals surface area contributed by atoms with Gasteiger partial charge in [0.2, 0.25) is 0 Å². The first-order valence-electron chi connectivity index (χ1n) is 7.16. The Hall–Kier alpha value is -3.03. The summed E-state index contributed by atoms with van der Waals surface area (Å²) in [5.41, 5.74) is 0.402. The number of rotatable bonds is 4. The van der Waals surface area contributed by atoms with Crippen LogP contribution in [-0.4, -0.2) is 40.1 Å². The molecule has 24 heavy (non-hydrogen) atoms. The smallest absolute Gasteiger partial charge is 0.412 e. The highest BCUT2D eigenvalue weighted by atomic mass is 16.6. The average molecular weight is 333 g/mol. The van der Waals surface area contributed by atoms with Crippen molar-refractivity contribution >= 4 is 17.7 Å². The number of aromatic carboxylic acids is 1. The summed E-state index contributed by atoms with van der Waals surface area (Å²) in [6.07, 6.45) is 0.549. The van der Waals surface area contributed by atoms with Gasteiger partial charge >= 0.3 is 12.1 Å². The Morgan fingerprint density at radius 1 is 1.29 bits per heavy atom. The quantitative estimate of drug-likeness (QED) is 0.792. The Labute approximate surface area is 138 Å². The summed E-state index contributed by atoms with van der Waals surface area (Å²) in [4.78, 5) is 23.4. The topological polar surface area (TPSA) is 114 Å². The van der Waals surface area contributed by atoms with Crippen molar-refractivity contribution in [3.05, 3.63) is 30.0 Å². The number of nitrogens with zero attached hydrogens (tertiary/aromatic N) is 1. The molecule has 1 aromatic heterocycles. The number of methoxy groups -OCH3 is 1. The van der Waals surface area contributed by atoms with Crippen LogP contribution in [0, 0.1) is 0 Å². The molecule has 0 aliphatic heterocycles. The molecule has 0 atom stereocenters. The van der Waals surface area contributed by atoms with E-state index >= 15 is 0 Å². The van der Waals surface area contributed by atoms with Crippen molar-refractivity contribution in [3.8, 4) is 17.0 Å². The SMILES string of the molecule is COc1ccc(-c2[nH]ncc2C(=O)O)c(NC(=O)OC(C)(C)C)c1. The molecule has 1 heterocycles. The molecule has 0 unspecified atom stereocenters.